The molecule has 1 aliphatic rings. The standard InChI is InChI=1S/C22H27N3O3S/c1-4-24(5-2)14-13-21(26)25-17-9-7-8-10-19(17)29-20-12-11-16(15-18(20)25)23-22(27)28-6-3/h7-12,15H,4-6,13-14H2,1-3H3,(H,23,27)/p+1. The number of benzene rings is 2. The lowest BCUT2D eigenvalue weighted by atomic mass is 10.2. The van der Waals surface area contributed by atoms with E-state index in [2.05, 4.69) is 19.2 Å². The summed E-state index contributed by atoms with van der Waals surface area (Å²) in [5.41, 5.74) is 2.29. The third-order valence-corrected chi connectivity index (χ3v) is 6.12. The zero-order valence-electron chi connectivity index (χ0n) is 17.2. The minimum atomic E-state index is -0.501. The van der Waals surface area contributed by atoms with Crippen LogP contribution in [0.1, 0.15) is 27.2 Å². The monoisotopic (exact) mass is 414 g/mol. The van der Waals surface area contributed by atoms with Crippen LogP contribution in [0, 0.1) is 0 Å². The highest BCUT2D eigenvalue weighted by atomic mass is 32.2. The Labute approximate surface area is 176 Å². The predicted octanol–water partition coefficient (Wildman–Crippen LogP) is 3.70. The van der Waals surface area contributed by atoms with Crippen LogP contribution in [0.4, 0.5) is 21.9 Å². The molecule has 0 fully saturated rings. The van der Waals surface area contributed by atoms with Crippen molar-refractivity contribution in [2.24, 2.45) is 0 Å². The number of quaternary nitrogens is 1. The average molecular weight is 415 g/mol. The minimum absolute atomic E-state index is 0.0617. The topological polar surface area (TPSA) is 63.1 Å². The fourth-order valence-electron chi connectivity index (χ4n) is 3.39. The summed E-state index contributed by atoms with van der Waals surface area (Å²) in [6, 6.07) is 13.5. The van der Waals surface area contributed by atoms with Gasteiger partial charge in [-0.05, 0) is 51.1 Å². The molecule has 2 aromatic rings. The number of carbonyl (C=O) groups is 2. The second kappa shape index (κ2) is 9.80. The lowest BCUT2D eigenvalue weighted by molar-refractivity contribution is -0.895. The number of rotatable bonds is 7. The maximum atomic E-state index is 13.3. The van der Waals surface area contributed by atoms with Gasteiger partial charge in [-0.2, -0.15) is 0 Å². The van der Waals surface area contributed by atoms with Gasteiger partial charge in [0.2, 0.25) is 5.91 Å². The van der Waals surface area contributed by atoms with Gasteiger partial charge in [0.1, 0.15) is 0 Å². The molecule has 0 spiro atoms. The van der Waals surface area contributed by atoms with Crippen molar-refractivity contribution in [2.75, 3.05) is 36.5 Å². The third kappa shape index (κ3) is 4.92. The maximum absolute atomic E-state index is 13.3. The first-order chi connectivity index (χ1) is 14.1. The summed E-state index contributed by atoms with van der Waals surface area (Å²) in [4.78, 5) is 30.3. The van der Waals surface area contributed by atoms with Gasteiger partial charge >= 0.3 is 6.09 Å². The number of nitrogens with one attached hydrogen (secondary N) is 2. The lowest BCUT2D eigenvalue weighted by Gasteiger charge is -2.31. The second-order valence-corrected chi connectivity index (χ2v) is 7.87. The van der Waals surface area contributed by atoms with E-state index >= 15 is 0 Å². The smallest absolute Gasteiger partial charge is 0.411 e. The molecule has 0 aromatic heterocycles. The highest BCUT2D eigenvalue weighted by Gasteiger charge is 2.29. The van der Waals surface area contributed by atoms with Crippen LogP contribution < -0.4 is 15.1 Å². The van der Waals surface area contributed by atoms with Crippen LogP contribution in [0.15, 0.2) is 52.3 Å². The summed E-state index contributed by atoms with van der Waals surface area (Å²) in [5.74, 6) is 0.0617. The third-order valence-electron chi connectivity index (χ3n) is 4.99. The van der Waals surface area contributed by atoms with Gasteiger partial charge in [-0.15, -0.1) is 0 Å². The van der Waals surface area contributed by atoms with E-state index in [4.69, 9.17) is 4.74 Å². The Morgan fingerprint density at radius 2 is 1.76 bits per heavy atom. The Morgan fingerprint density at radius 1 is 1.03 bits per heavy atom. The number of para-hydroxylation sites is 1. The summed E-state index contributed by atoms with van der Waals surface area (Å²) in [7, 11) is 0. The van der Waals surface area contributed by atoms with E-state index in [1.54, 1.807) is 23.6 Å². The molecule has 7 heteroatoms. The van der Waals surface area contributed by atoms with E-state index < -0.39 is 6.09 Å². The van der Waals surface area contributed by atoms with Gasteiger partial charge in [-0.3, -0.25) is 15.0 Å². The van der Waals surface area contributed by atoms with E-state index in [1.807, 2.05) is 42.5 Å². The number of nitrogens with zero attached hydrogens (tertiary/aromatic N) is 1. The first-order valence-corrected chi connectivity index (χ1v) is 10.9. The number of carbonyl (C=O) groups excluding carboxylic acids is 2. The van der Waals surface area contributed by atoms with Crippen molar-refractivity contribution >= 4 is 40.8 Å². The molecule has 2 aromatic carbocycles. The molecule has 0 saturated carbocycles. The molecular formula is C22H28N3O3S+. The minimum Gasteiger partial charge on any atom is -0.450 e. The molecule has 0 radical (unpaired) electrons. The average Bonchev–Trinajstić information content (AvgIpc) is 2.72. The fraction of sp³-hybridized carbons (Fsp3) is 0.364. The molecule has 2 N–H and O–H groups in total. The van der Waals surface area contributed by atoms with Crippen molar-refractivity contribution in [1.82, 2.24) is 0 Å². The zero-order chi connectivity index (χ0) is 20.8. The Morgan fingerprint density at radius 3 is 2.48 bits per heavy atom. The first-order valence-electron chi connectivity index (χ1n) is 10.1. The number of amides is 2. The number of hydrogen-bond donors (Lipinski definition) is 2. The normalized spacial score (nSPS) is 12.3. The molecule has 1 heterocycles. The fourth-order valence-corrected chi connectivity index (χ4v) is 4.42. The number of hydrogen-bond acceptors (Lipinski definition) is 4. The summed E-state index contributed by atoms with van der Waals surface area (Å²) >= 11 is 1.63. The van der Waals surface area contributed by atoms with Crippen molar-refractivity contribution in [3.8, 4) is 0 Å². The largest absolute Gasteiger partial charge is 0.450 e. The lowest BCUT2D eigenvalue weighted by Crippen LogP contribution is -3.11. The molecule has 0 atom stereocenters. The van der Waals surface area contributed by atoms with Crippen LogP contribution in [0.5, 0.6) is 0 Å². The van der Waals surface area contributed by atoms with Crippen molar-refractivity contribution < 1.29 is 19.2 Å². The molecule has 0 bridgehead atoms. The van der Waals surface area contributed by atoms with E-state index in [0.29, 0.717) is 18.7 Å². The van der Waals surface area contributed by atoms with Crippen molar-refractivity contribution in [2.45, 2.75) is 37.0 Å². The van der Waals surface area contributed by atoms with Crippen LogP contribution in [-0.4, -0.2) is 38.2 Å². The van der Waals surface area contributed by atoms with E-state index in [1.165, 1.54) is 4.90 Å². The predicted molar refractivity (Wildman–Crippen MR) is 116 cm³/mol. The zero-order valence-corrected chi connectivity index (χ0v) is 18.0. The van der Waals surface area contributed by atoms with Crippen LogP contribution in [-0.2, 0) is 9.53 Å². The van der Waals surface area contributed by atoms with E-state index in [9.17, 15) is 9.59 Å². The summed E-state index contributed by atoms with van der Waals surface area (Å²) in [5, 5.41) is 2.73. The quantitative estimate of drug-likeness (QED) is 0.725. The van der Waals surface area contributed by atoms with Gasteiger partial charge in [0.25, 0.3) is 0 Å². The van der Waals surface area contributed by atoms with Crippen LogP contribution in [0.25, 0.3) is 0 Å². The van der Waals surface area contributed by atoms with Gasteiger partial charge in [-0.1, -0.05) is 23.9 Å². The highest BCUT2D eigenvalue weighted by molar-refractivity contribution is 7.99. The number of anilines is 3. The Bertz CT molecular complexity index is 883. The molecule has 0 aliphatic carbocycles. The number of fused-ring (bicyclic) bond motifs is 2. The summed E-state index contributed by atoms with van der Waals surface area (Å²) in [6.07, 6.45) is -0.0373. The SMILES string of the molecule is CCOC(=O)Nc1ccc2c(c1)N(C(=O)CC[NH+](CC)CC)c1ccccc1S2. The molecule has 2 amide bonds. The van der Waals surface area contributed by atoms with E-state index in [-0.39, 0.29) is 5.91 Å². The second-order valence-electron chi connectivity index (χ2n) is 6.78. The summed E-state index contributed by atoms with van der Waals surface area (Å²) in [6.45, 7) is 9.14. The summed E-state index contributed by atoms with van der Waals surface area (Å²) < 4.78 is 4.97. The molecule has 3 rings (SSSR count). The first kappa shape index (κ1) is 21.2. The molecule has 154 valence electrons. The maximum Gasteiger partial charge on any atom is 0.411 e. The number of ether oxygens (including phenoxy) is 1. The van der Waals surface area contributed by atoms with Crippen LogP contribution >= 0.6 is 11.8 Å². The Balaban J connectivity index is 1.92. The highest BCUT2D eigenvalue weighted by Crippen LogP contribution is 2.49. The Hall–Kier alpha value is -2.51. The van der Waals surface area contributed by atoms with Gasteiger partial charge in [0.05, 0.1) is 44.0 Å². The molecular weight excluding hydrogens is 386 g/mol. The molecule has 29 heavy (non-hydrogen) atoms. The van der Waals surface area contributed by atoms with Gasteiger partial charge in [0.15, 0.2) is 0 Å². The van der Waals surface area contributed by atoms with E-state index in [0.717, 1.165) is 40.8 Å². The van der Waals surface area contributed by atoms with Crippen LogP contribution in [0.2, 0.25) is 0 Å². The molecule has 0 saturated heterocycles. The van der Waals surface area contributed by atoms with Gasteiger partial charge in [-0.25, -0.2) is 4.79 Å². The van der Waals surface area contributed by atoms with Crippen molar-refractivity contribution in [3.63, 3.8) is 0 Å². The Kier molecular flexibility index (Phi) is 7.17. The van der Waals surface area contributed by atoms with Crippen molar-refractivity contribution in [3.05, 3.63) is 42.5 Å². The molecule has 0 unspecified atom stereocenters. The van der Waals surface area contributed by atoms with Crippen molar-refractivity contribution in [1.29, 1.82) is 0 Å². The van der Waals surface area contributed by atoms with Gasteiger partial charge in [0, 0.05) is 15.5 Å². The molecule has 1 aliphatic heterocycles. The van der Waals surface area contributed by atoms with Crippen LogP contribution in [0.3, 0.4) is 0 Å². The molecule has 6 nitrogen and oxygen atoms in total. The van der Waals surface area contributed by atoms with Gasteiger partial charge < -0.3 is 9.64 Å².